The summed E-state index contributed by atoms with van der Waals surface area (Å²) in [6, 6.07) is 19.3. The lowest BCUT2D eigenvalue weighted by Crippen LogP contribution is -2.56. The predicted molar refractivity (Wildman–Crippen MR) is 270 cm³/mol. The van der Waals surface area contributed by atoms with Crippen LogP contribution in [0.25, 0.3) is 23.2 Å². The average molecular weight is 1050 g/mol. The molecule has 0 saturated carbocycles. The summed E-state index contributed by atoms with van der Waals surface area (Å²) in [5, 5.41) is 43.9. The molecule has 13 nitrogen and oxygen atoms in total. The molecule has 4 aliphatic heterocycles. The van der Waals surface area contributed by atoms with Crippen LogP contribution >= 0.6 is 0 Å². The van der Waals surface area contributed by atoms with Crippen molar-refractivity contribution < 1.29 is 61.1 Å². The molecule has 4 aromatic carbocycles. The Kier molecular flexibility index (Phi) is 17.9. The maximum Gasteiger partial charge on any atom is 0.246 e. The Balaban J connectivity index is 0.000000199. The van der Waals surface area contributed by atoms with E-state index in [0.29, 0.717) is 24.9 Å². The zero-order valence-electron chi connectivity index (χ0n) is 41.8. The lowest BCUT2D eigenvalue weighted by Gasteiger charge is -2.43. The monoisotopic (exact) mass is 1050 g/mol. The number of aromatic amines is 1. The molecule has 0 radical (unpaired) electrons. The zero-order valence-corrected chi connectivity index (χ0v) is 41.8. The number of carbonyl (C=O) groups excluding carboxylic acids is 2. The first-order valence-electron chi connectivity index (χ1n) is 25.5. The van der Waals surface area contributed by atoms with Gasteiger partial charge in [-0.3, -0.25) is 9.59 Å². The first-order chi connectivity index (χ1) is 35.9. The Morgan fingerprint density at radius 2 is 1.05 bits per heavy atom. The number of aromatic nitrogens is 2. The molecule has 1 aromatic heterocycles. The number of amides is 2. The van der Waals surface area contributed by atoms with Gasteiger partial charge in [0.2, 0.25) is 11.8 Å². The van der Waals surface area contributed by atoms with Gasteiger partial charge in [-0.05, 0) is 161 Å². The summed E-state index contributed by atoms with van der Waals surface area (Å²) in [5.74, 6) is -6.59. The number of halogens is 6. The fourth-order valence-corrected chi connectivity index (χ4v) is 10.5. The van der Waals surface area contributed by atoms with Gasteiger partial charge in [-0.1, -0.05) is 24.3 Å². The summed E-state index contributed by atoms with van der Waals surface area (Å²) in [6.45, 7) is 4.87. The fourth-order valence-electron chi connectivity index (χ4n) is 10.5. The van der Waals surface area contributed by atoms with Crippen molar-refractivity contribution in [3.63, 3.8) is 0 Å². The number of nitrogens with zero attached hydrogens (tertiary/aromatic N) is 5. The van der Waals surface area contributed by atoms with Gasteiger partial charge in [0.1, 0.15) is 11.6 Å². The molecule has 5 N–H and O–H groups in total. The average Bonchev–Trinajstić information content (AvgIpc) is 3.86. The number of rotatable bonds is 13. The largest absolute Gasteiger partial charge is 0.497 e. The van der Waals surface area contributed by atoms with Crippen molar-refractivity contribution in [3.8, 4) is 5.75 Å². The summed E-state index contributed by atoms with van der Waals surface area (Å²) in [5.41, 5.74) is 0.727. The van der Waals surface area contributed by atoms with Crippen LogP contribution in [0.2, 0.25) is 0 Å². The minimum Gasteiger partial charge on any atom is -0.497 e. The molecule has 0 aliphatic carbocycles. The van der Waals surface area contributed by atoms with Crippen molar-refractivity contribution in [2.24, 2.45) is 0 Å². The molecular formula is C56H64F6N6O7. The fraction of sp³-hybridized carbons (Fsp3) is 0.446. The highest BCUT2D eigenvalue weighted by Crippen LogP contribution is 2.33. The molecule has 5 aromatic rings. The van der Waals surface area contributed by atoms with Gasteiger partial charge in [-0.2, -0.15) is 0 Å². The molecule has 9 rings (SSSR count). The number of imidazole rings is 1. The first-order valence-corrected chi connectivity index (χ1v) is 25.5. The Morgan fingerprint density at radius 1 is 0.640 bits per heavy atom. The Morgan fingerprint density at radius 3 is 1.47 bits per heavy atom. The molecule has 2 unspecified atom stereocenters. The van der Waals surface area contributed by atoms with Crippen LogP contribution < -0.4 is 4.74 Å². The first kappa shape index (κ1) is 55.2. The number of fused-ring (bicyclic) bond motifs is 1. The number of hydrogen-bond donors (Lipinski definition) is 5. The summed E-state index contributed by atoms with van der Waals surface area (Å²) >= 11 is 0. The molecule has 402 valence electrons. The maximum atomic E-state index is 13.4. The predicted octanol–water partition coefficient (Wildman–Crippen LogP) is 7.31. The summed E-state index contributed by atoms with van der Waals surface area (Å²) in [6.07, 6.45) is 7.48. The summed E-state index contributed by atoms with van der Waals surface area (Å²) in [7, 11) is 1.65. The van der Waals surface area contributed by atoms with Gasteiger partial charge >= 0.3 is 0 Å². The van der Waals surface area contributed by atoms with Crippen LogP contribution in [-0.2, 0) is 9.59 Å². The number of H-pyrrole nitrogens is 1. The smallest absolute Gasteiger partial charge is 0.246 e. The standard InChI is InChI=1S/C28H31F3N4O3.C28H33F3N2O4/c29-20-15-18(16-21(30)26(20)31)5-6-25(37)35-13-9-28(38,10-14-35)24(36)17-34-11-7-19(8-12-34)27-32-22-3-1-2-4-23(22)33-27;1-37-22-5-3-20(4-6-22)21-8-12-32(13-9-21)18-25(34)28(36)10-14-33(15-11-28)26(35)7-2-19-16-23(29)27(31)24(30)17-19/h1-6,15-16,19,24,36,38H,7-14,17H2,(H,32,33);2-7,16-17,21,25,34,36H,8-15,18H2,1H3/b6-5+;7-2+. The van der Waals surface area contributed by atoms with Crippen molar-refractivity contribution in [1.82, 2.24) is 29.6 Å². The Labute approximate surface area is 431 Å². The minimum atomic E-state index is -1.56. The van der Waals surface area contributed by atoms with Gasteiger partial charge in [0, 0.05) is 57.3 Å². The number of carbonyl (C=O) groups is 2. The van der Waals surface area contributed by atoms with E-state index in [4.69, 9.17) is 9.72 Å². The molecule has 75 heavy (non-hydrogen) atoms. The second-order valence-corrected chi connectivity index (χ2v) is 20.2. The van der Waals surface area contributed by atoms with E-state index in [2.05, 4.69) is 26.9 Å². The summed E-state index contributed by atoms with van der Waals surface area (Å²) in [4.78, 5) is 40.5. The highest BCUT2D eigenvalue weighted by molar-refractivity contribution is 5.92. The van der Waals surface area contributed by atoms with Gasteiger partial charge in [-0.25, -0.2) is 31.3 Å². The minimum absolute atomic E-state index is 0.0304. The highest BCUT2D eigenvalue weighted by Gasteiger charge is 2.42. The molecule has 0 bridgehead atoms. The van der Waals surface area contributed by atoms with Crippen molar-refractivity contribution in [2.45, 2.75) is 86.6 Å². The highest BCUT2D eigenvalue weighted by atomic mass is 19.2. The van der Waals surface area contributed by atoms with Crippen LogP contribution in [0, 0.1) is 34.9 Å². The summed E-state index contributed by atoms with van der Waals surface area (Å²) < 4.78 is 84.9. The van der Waals surface area contributed by atoms with E-state index in [1.54, 1.807) is 7.11 Å². The molecule has 5 heterocycles. The molecule has 4 fully saturated rings. The van der Waals surface area contributed by atoms with E-state index in [9.17, 15) is 56.4 Å². The van der Waals surface area contributed by atoms with Crippen LogP contribution in [0.4, 0.5) is 26.3 Å². The number of aliphatic hydroxyl groups is 4. The van der Waals surface area contributed by atoms with Crippen LogP contribution in [-0.4, -0.2) is 158 Å². The van der Waals surface area contributed by atoms with E-state index >= 15 is 0 Å². The molecule has 19 heteroatoms. The Bertz CT molecular complexity index is 2740. The van der Waals surface area contributed by atoms with Crippen LogP contribution in [0.3, 0.4) is 0 Å². The number of likely N-dealkylation sites (tertiary alicyclic amines) is 4. The van der Waals surface area contributed by atoms with Crippen LogP contribution in [0.1, 0.15) is 85.7 Å². The quantitative estimate of drug-likeness (QED) is 0.0459. The van der Waals surface area contributed by atoms with Crippen LogP contribution in [0.5, 0.6) is 5.75 Å². The van der Waals surface area contributed by atoms with E-state index in [0.717, 1.165) is 98.7 Å². The molecule has 0 spiro atoms. The van der Waals surface area contributed by atoms with Gasteiger partial charge < -0.3 is 49.7 Å². The van der Waals surface area contributed by atoms with E-state index in [1.807, 2.05) is 36.4 Å². The molecule has 4 saturated heterocycles. The number of β-amino-alcohol motifs (C(OH)–C–C–N with tert-alkyl or cyclic N) is 2. The number of hydrogen-bond acceptors (Lipinski definition) is 10. The molecule has 2 atom stereocenters. The second kappa shape index (κ2) is 24.3. The number of para-hydroxylation sites is 2. The molecular weight excluding hydrogens is 983 g/mol. The third-order valence-electron chi connectivity index (χ3n) is 15.4. The number of methoxy groups -OCH3 is 1. The van der Waals surface area contributed by atoms with E-state index < -0.39 is 58.3 Å². The van der Waals surface area contributed by atoms with Crippen molar-refractivity contribution >= 4 is 35.0 Å². The topological polar surface area (TPSA) is 166 Å². The maximum absolute atomic E-state index is 13.4. The van der Waals surface area contributed by atoms with E-state index in [1.165, 1.54) is 39.7 Å². The number of nitrogens with one attached hydrogen (secondary N) is 1. The number of benzene rings is 4. The van der Waals surface area contributed by atoms with Gasteiger partial charge in [0.05, 0.1) is 41.6 Å². The lowest BCUT2D eigenvalue weighted by atomic mass is 9.84. The SMILES string of the molecule is COc1ccc(C2CCN(CC(O)C3(O)CCN(C(=O)/C=C/c4cc(F)c(F)c(F)c4)CC3)CC2)cc1.O=C(/C=C/c1cc(F)c(F)c(F)c1)N1CCC(O)(C(O)CN2CCC(c3nc4ccccc4[nH]3)CC2)CC1. The van der Waals surface area contributed by atoms with Crippen LogP contribution in [0.15, 0.2) is 84.9 Å². The van der Waals surface area contributed by atoms with Crippen molar-refractivity contribution in [2.75, 3.05) is 72.6 Å². The van der Waals surface area contributed by atoms with E-state index in [-0.39, 0.29) is 74.8 Å². The normalized spacial score (nSPS) is 19.8. The molecule has 2 amide bonds. The van der Waals surface area contributed by atoms with Crippen molar-refractivity contribution in [1.29, 1.82) is 0 Å². The lowest BCUT2D eigenvalue weighted by molar-refractivity contribution is -0.140. The van der Waals surface area contributed by atoms with Gasteiger partial charge in [-0.15, -0.1) is 0 Å². The Hall–Kier alpha value is -6.09. The third kappa shape index (κ3) is 13.7. The van der Waals surface area contributed by atoms with Gasteiger partial charge in [0.25, 0.3) is 0 Å². The zero-order chi connectivity index (χ0) is 53.4. The number of ether oxygens (including phenoxy) is 1. The van der Waals surface area contributed by atoms with Crippen molar-refractivity contribution in [3.05, 3.63) is 142 Å². The second-order valence-electron chi connectivity index (χ2n) is 20.2. The number of aliphatic hydroxyl groups excluding tert-OH is 2. The van der Waals surface area contributed by atoms with Gasteiger partial charge in [0.15, 0.2) is 34.9 Å². The third-order valence-corrected chi connectivity index (χ3v) is 15.4. The molecule has 4 aliphatic rings. The number of piperidine rings is 4.